The molecule has 0 heterocycles. The van der Waals surface area contributed by atoms with Crippen LogP contribution in [0.3, 0.4) is 0 Å². The SMILES string of the molecule is Cc1ccccc1N(CC(=O)N(Cc1ccc(Br)cc1)C(Cc1ccccc1)C(=O)NC(C)C)S(=O)(=O)c1ccc(Cl)cc1. The number of anilines is 1. The largest absolute Gasteiger partial charge is 0.352 e. The van der Waals surface area contributed by atoms with Crippen molar-refractivity contribution in [1.82, 2.24) is 10.2 Å². The number of hydrogen-bond donors (Lipinski definition) is 1. The van der Waals surface area contributed by atoms with Gasteiger partial charge >= 0.3 is 0 Å². The third-order valence-electron chi connectivity index (χ3n) is 7.03. The maximum atomic E-state index is 14.5. The topological polar surface area (TPSA) is 86.8 Å². The van der Waals surface area contributed by atoms with Crippen LogP contribution in [-0.4, -0.2) is 43.8 Å². The number of sulfonamides is 1. The van der Waals surface area contributed by atoms with E-state index in [1.54, 1.807) is 31.2 Å². The first-order valence-electron chi connectivity index (χ1n) is 14.2. The summed E-state index contributed by atoms with van der Waals surface area (Å²) in [4.78, 5) is 29.7. The highest BCUT2D eigenvalue weighted by atomic mass is 79.9. The van der Waals surface area contributed by atoms with Crippen LogP contribution in [0.15, 0.2) is 112 Å². The van der Waals surface area contributed by atoms with Crippen LogP contribution < -0.4 is 9.62 Å². The van der Waals surface area contributed by atoms with E-state index in [0.717, 1.165) is 19.9 Å². The highest BCUT2D eigenvalue weighted by Crippen LogP contribution is 2.28. The van der Waals surface area contributed by atoms with Gasteiger partial charge in [-0.2, -0.15) is 0 Å². The minimum absolute atomic E-state index is 0.00389. The lowest BCUT2D eigenvalue weighted by Gasteiger charge is -2.34. The molecular weight excluding hydrogens is 662 g/mol. The Labute approximate surface area is 273 Å². The first-order chi connectivity index (χ1) is 21.0. The number of halogens is 2. The zero-order valence-corrected chi connectivity index (χ0v) is 27.9. The van der Waals surface area contributed by atoms with E-state index in [9.17, 15) is 18.0 Å². The van der Waals surface area contributed by atoms with Crippen LogP contribution in [0.25, 0.3) is 0 Å². The van der Waals surface area contributed by atoms with Gasteiger partial charge < -0.3 is 10.2 Å². The molecule has 230 valence electrons. The predicted molar refractivity (Wildman–Crippen MR) is 179 cm³/mol. The average Bonchev–Trinajstić information content (AvgIpc) is 2.99. The number of benzene rings is 4. The van der Waals surface area contributed by atoms with Gasteiger partial charge in [-0.3, -0.25) is 13.9 Å². The number of nitrogens with one attached hydrogen (secondary N) is 1. The Balaban J connectivity index is 1.81. The molecule has 0 saturated heterocycles. The fraction of sp³-hybridized carbons (Fsp3) is 0.235. The number of aryl methyl sites for hydroxylation is 1. The number of nitrogens with zero attached hydrogens (tertiary/aromatic N) is 2. The molecule has 7 nitrogen and oxygen atoms in total. The summed E-state index contributed by atoms with van der Waals surface area (Å²) in [5, 5.41) is 3.36. The van der Waals surface area contributed by atoms with E-state index in [1.165, 1.54) is 29.2 Å². The molecule has 0 bridgehead atoms. The fourth-order valence-corrected chi connectivity index (χ4v) is 6.68. The Hall–Kier alpha value is -3.66. The third kappa shape index (κ3) is 8.49. The summed E-state index contributed by atoms with van der Waals surface area (Å²) in [6, 6.07) is 28.7. The van der Waals surface area contributed by atoms with Crippen molar-refractivity contribution >= 4 is 55.1 Å². The van der Waals surface area contributed by atoms with Gasteiger partial charge in [-0.25, -0.2) is 8.42 Å². The Bertz CT molecular complexity index is 1680. The van der Waals surface area contributed by atoms with Crippen molar-refractivity contribution in [2.24, 2.45) is 0 Å². The van der Waals surface area contributed by atoms with Crippen LogP contribution in [-0.2, 0) is 32.6 Å². The number of hydrogen-bond acceptors (Lipinski definition) is 4. The lowest BCUT2D eigenvalue weighted by atomic mass is 10.0. The van der Waals surface area contributed by atoms with Crippen molar-refractivity contribution in [3.05, 3.63) is 129 Å². The highest BCUT2D eigenvalue weighted by Gasteiger charge is 2.35. The molecule has 1 atom stereocenters. The number of carbonyl (C=O) groups excluding carboxylic acids is 2. The Morgan fingerprint density at radius 2 is 1.45 bits per heavy atom. The van der Waals surface area contributed by atoms with Gasteiger partial charge in [-0.15, -0.1) is 0 Å². The van der Waals surface area contributed by atoms with Crippen LogP contribution in [0.4, 0.5) is 5.69 Å². The monoisotopic (exact) mass is 695 g/mol. The van der Waals surface area contributed by atoms with Crippen LogP contribution in [0, 0.1) is 6.92 Å². The third-order valence-corrected chi connectivity index (χ3v) is 9.59. The Kier molecular flexibility index (Phi) is 11.2. The molecule has 0 aliphatic carbocycles. The second kappa shape index (κ2) is 14.9. The van der Waals surface area contributed by atoms with Crippen molar-refractivity contribution in [1.29, 1.82) is 0 Å². The molecule has 44 heavy (non-hydrogen) atoms. The second-order valence-electron chi connectivity index (χ2n) is 10.8. The molecule has 1 N–H and O–H groups in total. The minimum atomic E-state index is -4.20. The van der Waals surface area contributed by atoms with Crippen LogP contribution in [0.5, 0.6) is 0 Å². The molecule has 10 heteroatoms. The van der Waals surface area contributed by atoms with Gasteiger partial charge in [-0.05, 0) is 79.9 Å². The standard InChI is InChI=1S/C34H35BrClN3O4S/c1-24(2)37-34(41)32(21-26-10-5-4-6-11-26)38(22-27-13-15-28(35)16-14-27)33(40)23-39(31-12-8-7-9-25(31)3)44(42,43)30-19-17-29(36)18-20-30/h4-20,24,32H,21-23H2,1-3H3,(H,37,41). The number of amides is 2. The van der Waals surface area contributed by atoms with Crippen molar-refractivity contribution in [2.45, 2.75) is 50.7 Å². The van der Waals surface area contributed by atoms with E-state index < -0.39 is 28.5 Å². The van der Waals surface area contributed by atoms with Crippen molar-refractivity contribution in [3.63, 3.8) is 0 Å². The summed E-state index contributed by atoms with van der Waals surface area (Å²) in [6.45, 7) is 5.08. The summed E-state index contributed by atoms with van der Waals surface area (Å²) < 4.78 is 30.2. The summed E-state index contributed by atoms with van der Waals surface area (Å²) in [6.07, 6.45) is 0.246. The van der Waals surface area contributed by atoms with Crippen LogP contribution in [0.2, 0.25) is 5.02 Å². The summed E-state index contributed by atoms with van der Waals surface area (Å²) in [5.41, 5.74) is 2.70. The average molecular weight is 697 g/mol. The van der Waals surface area contributed by atoms with Crippen LogP contribution in [0.1, 0.15) is 30.5 Å². The lowest BCUT2D eigenvalue weighted by Crippen LogP contribution is -2.54. The smallest absolute Gasteiger partial charge is 0.264 e. The summed E-state index contributed by atoms with van der Waals surface area (Å²) in [7, 11) is -4.20. The lowest BCUT2D eigenvalue weighted by molar-refractivity contribution is -0.140. The van der Waals surface area contributed by atoms with E-state index in [4.69, 9.17) is 11.6 Å². The Morgan fingerprint density at radius 3 is 2.07 bits per heavy atom. The maximum Gasteiger partial charge on any atom is 0.264 e. The molecule has 0 spiro atoms. The zero-order valence-electron chi connectivity index (χ0n) is 24.8. The molecule has 4 rings (SSSR count). The summed E-state index contributed by atoms with van der Waals surface area (Å²) >= 11 is 9.50. The van der Waals surface area contributed by atoms with Gasteiger partial charge in [0.1, 0.15) is 12.6 Å². The molecular formula is C34H35BrClN3O4S. The van der Waals surface area contributed by atoms with E-state index in [0.29, 0.717) is 16.3 Å². The molecule has 4 aromatic rings. The normalized spacial score (nSPS) is 12.0. The van der Waals surface area contributed by atoms with E-state index in [-0.39, 0.29) is 29.8 Å². The first kappa shape index (κ1) is 33.2. The molecule has 1 unspecified atom stereocenters. The van der Waals surface area contributed by atoms with Crippen molar-refractivity contribution in [2.75, 3.05) is 10.8 Å². The van der Waals surface area contributed by atoms with Gasteiger partial charge in [0, 0.05) is 28.5 Å². The Morgan fingerprint density at radius 1 is 0.841 bits per heavy atom. The number of rotatable bonds is 12. The molecule has 2 amide bonds. The van der Waals surface area contributed by atoms with Crippen molar-refractivity contribution < 1.29 is 18.0 Å². The highest BCUT2D eigenvalue weighted by molar-refractivity contribution is 9.10. The molecule has 0 aliphatic rings. The van der Waals surface area contributed by atoms with E-state index in [1.807, 2.05) is 68.4 Å². The molecule has 0 aliphatic heterocycles. The van der Waals surface area contributed by atoms with Crippen molar-refractivity contribution in [3.8, 4) is 0 Å². The second-order valence-corrected chi connectivity index (χ2v) is 14.0. The molecule has 4 aromatic carbocycles. The molecule has 0 saturated carbocycles. The fourth-order valence-electron chi connectivity index (χ4n) is 4.81. The quantitative estimate of drug-likeness (QED) is 0.177. The molecule has 0 radical (unpaired) electrons. The van der Waals surface area contributed by atoms with E-state index in [2.05, 4.69) is 21.2 Å². The zero-order chi connectivity index (χ0) is 31.9. The van der Waals surface area contributed by atoms with Gasteiger partial charge in [0.25, 0.3) is 10.0 Å². The number of para-hydroxylation sites is 1. The molecule has 0 fully saturated rings. The van der Waals surface area contributed by atoms with Gasteiger partial charge in [0.2, 0.25) is 11.8 Å². The summed E-state index contributed by atoms with van der Waals surface area (Å²) in [5.74, 6) is -0.842. The van der Waals surface area contributed by atoms with Gasteiger partial charge in [0.15, 0.2) is 0 Å². The van der Waals surface area contributed by atoms with Gasteiger partial charge in [-0.1, -0.05) is 88.2 Å². The van der Waals surface area contributed by atoms with Gasteiger partial charge in [0.05, 0.1) is 10.6 Å². The maximum absolute atomic E-state index is 14.5. The van der Waals surface area contributed by atoms with Crippen LogP contribution >= 0.6 is 27.5 Å². The first-order valence-corrected chi connectivity index (χ1v) is 16.8. The predicted octanol–water partition coefficient (Wildman–Crippen LogP) is 6.77. The minimum Gasteiger partial charge on any atom is -0.352 e. The number of carbonyl (C=O) groups is 2. The van der Waals surface area contributed by atoms with E-state index >= 15 is 0 Å². The molecule has 0 aromatic heterocycles.